The van der Waals surface area contributed by atoms with Gasteiger partial charge < -0.3 is 14.6 Å². The van der Waals surface area contributed by atoms with Gasteiger partial charge in [-0.15, -0.1) is 5.10 Å². The van der Waals surface area contributed by atoms with E-state index in [1.54, 1.807) is 21.8 Å². The van der Waals surface area contributed by atoms with Crippen LogP contribution in [0.3, 0.4) is 0 Å². The van der Waals surface area contributed by atoms with Gasteiger partial charge in [0.05, 0.1) is 44.4 Å². The van der Waals surface area contributed by atoms with Gasteiger partial charge in [-0.05, 0) is 23.8 Å². The smallest absolute Gasteiger partial charge is 0.221 e. The molecule has 2 N–H and O–H groups in total. The first-order chi connectivity index (χ1) is 14.2. The third-order valence-corrected chi connectivity index (χ3v) is 4.78. The number of nitrogens with zero attached hydrogens (tertiary/aromatic N) is 8. The molecule has 0 aromatic carbocycles. The Morgan fingerprint density at radius 2 is 1.90 bits per heavy atom. The monoisotopic (exact) mass is 390 g/mol. The minimum Gasteiger partial charge on any atom is -0.394 e. The van der Waals surface area contributed by atoms with Gasteiger partial charge in [-0.1, -0.05) is 11.3 Å². The van der Waals surface area contributed by atoms with Crippen LogP contribution >= 0.6 is 0 Å². The van der Waals surface area contributed by atoms with Crippen molar-refractivity contribution >= 4 is 16.8 Å². The van der Waals surface area contributed by atoms with Crippen LogP contribution in [0.5, 0.6) is 0 Å². The molecule has 0 bridgehead atoms. The van der Waals surface area contributed by atoms with E-state index < -0.39 is 0 Å². The Labute approximate surface area is 164 Å². The normalized spacial score (nSPS) is 11.7. The highest BCUT2D eigenvalue weighted by Gasteiger charge is 2.12. The van der Waals surface area contributed by atoms with Crippen molar-refractivity contribution in [2.75, 3.05) is 6.61 Å². The van der Waals surface area contributed by atoms with Gasteiger partial charge in [0.15, 0.2) is 5.65 Å². The van der Waals surface area contributed by atoms with Crippen LogP contribution in [0.2, 0.25) is 0 Å². The Morgan fingerprint density at radius 1 is 1.00 bits per heavy atom. The van der Waals surface area contributed by atoms with Crippen molar-refractivity contribution in [2.24, 2.45) is 0 Å². The van der Waals surface area contributed by atoms with Gasteiger partial charge in [0.1, 0.15) is 0 Å². The summed E-state index contributed by atoms with van der Waals surface area (Å²) in [6.45, 7) is 0.888. The Hall–Kier alpha value is -3.63. The van der Waals surface area contributed by atoms with Crippen LogP contribution in [0.1, 0.15) is 11.3 Å². The van der Waals surface area contributed by atoms with Gasteiger partial charge in [-0.25, -0.2) is 14.6 Å². The third kappa shape index (κ3) is 3.13. The van der Waals surface area contributed by atoms with E-state index in [1.165, 1.54) is 0 Å². The summed E-state index contributed by atoms with van der Waals surface area (Å²) >= 11 is 0. The molecule has 5 aromatic rings. The lowest BCUT2D eigenvalue weighted by Crippen LogP contribution is -2.05. The molecular weight excluding hydrogens is 372 g/mol. The van der Waals surface area contributed by atoms with Crippen molar-refractivity contribution < 1.29 is 10.2 Å². The maximum absolute atomic E-state index is 9.50. The summed E-state index contributed by atoms with van der Waals surface area (Å²) in [7, 11) is 0. The molecule has 0 aliphatic rings. The molecule has 5 rings (SSSR count). The zero-order chi connectivity index (χ0) is 19.8. The lowest BCUT2D eigenvalue weighted by molar-refractivity contribution is 0.269. The molecule has 10 heteroatoms. The van der Waals surface area contributed by atoms with Crippen molar-refractivity contribution in [3.05, 3.63) is 60.3 Å². The first-order valence-electron chi connectivity index (χ1n) is 9.15. The van der Waals surface area contributed by atoms with Gasteiger partial charge in [-0.2, -0.15) is 5.10 Å². The lowest BCUT2D eigenvalue weighted by atomic mass is 10.2. The number of aliphatic hydroxyl groups excluding tert-OH is 2. The van der Waals surface area contributed by atoms with Crippen LogP contribution in [0.15, 0.2) is 49.1 Å². The van der Waals surface area contributed by atoms with Crippen LogP contribution in [0, 0.1) is 0 Å². The van der Waals surface area contributed by atoms with E-state index in [2.05, 4.69) is 25.4 Å². The number of rotatable bonds is 6. The molecule has 0 atom stereocenters. The average molecular weight is 390 g/mol. The minimum atomic E-state index is -0.0251. The second kappa shape index (κ2) is 7.08. The van der Waals surface area contributed by atoms with Gasteiger partial charge in [0, 0.05) is 29.2 Å². The Morgan fingerprint density at radius 3 is 2.76 bits per heavy atom. The molecule has 29 heavy (non-hydrogen) atoms. The molecule has 0 saturated heterocycles. The molecule has 0 saturated carbocycles. The van der Waals surface area contributed by atoms with E-state index in [0.717, 1.165) is 22.3 Å². The molecule has 0 amide bonds. The van der Waals surface area contributed by atoms with Gasteiger partial charge >= 0.3 is 0 Å². The standard InChI is InChI=1S/C19H18N8O2/c28-6-5-25-11-14(7-21-25)17-8-20-18-19(22-17)27(24-23-18)10-13-1-2-15-3-4-16(12-29)26(15)9-13/h1-4,7-9,11,28-29H,5-6,10,12H2. The molecule has 0 radical (unpaired) electrons. The SMILES string of the molecule is OCCn1cc(-c2cnc3nnn(Cc4ccc5ccc(CO)n5c4)c3n2)cn1. The summed E-state index contributed by atoms with van der Waals surface area (Å²) in [4.78, 5) is 9.04. The fourth-order valence-corrected chi connectivity index (χ4v) is 3.32. The third-order valence-electron chi connectivity index (χ3n) is 4.78. The van der Waals surface area contributed by atoms with E-state index in [0.29, 0.717) is 30.1 Å². The molecular formula is C19H18N8O2. The quantitative estimate of drug-likeness (QED) is 0.441. The lowest BCUT2D eigenvalue weighted by Gasteiger charge is -2.06. The molecule has 0 aliphatic carbocycles. The number of pyridine rings is 1. The maximum Gasteiger partial charge on any atom is 0.221 e. The number of hydrogen-bond acceptors (Lipinski definition) is 7. The van der Waals surface area contributed by atoms with Gasteiger partial charge in [0.2, 0.25) is 5.65 Å². The zero-order valence-electron chi connectivity index (χ0n) is 15.4. The minimum absolute atomic E-state index is 0.0201. The fraction of sp³-hybridized carbons (Fsp3) is 0.211. The molecule has 0 spiro atoms. The van der Waals surface area contributed by atoms with Crippen molar-refractivity contribution in [2.45, 2.75) is 19.7 Å². The van der Waals surface area contributed by atoms with Crippen molar-refractivity contribution in [1.82, 2.24) is 39.1 Å². The summed E-state index contributed by atoms with van der Waals surface area (Å²) in [6, 6.07) is 7.88. The van der Waals surface area contributed by atoms with Crippen molar-refractivity contribution in [3.8, 4) is 11.3 Å². The number of fused-ring (bicyclic) bond motifs is 2. The van der Waals surface area contributed by atoms with Crippen LogP contribution in [0.4, 0.5) is 0 Å². The Kier molecular flexibility index (Phi) is 4.26. The first-order valence-corrected chi connectivity index (χ1v) is 9.15. The fourth-order valence-electron chi connectivity index (χ4n) is 3.32. The molecule has 146 valence electrons. The number of aliphatic hydroxyl groups is 2. The van der Waals surface area contributed by atoms with E-state index in [-0.39, 0.29) is 13.2 Å². The topological polar surface area (TPSA) is 119 Å². The second-order valence-corrected chi connectivity index (χ2v) is 6.68. The highest BCUT2D eigenvalue weighted by atomic mass is 16.3. The Balaban J connectivity index is 1.50. The molecule has 0 unspecified atom stereocenters. The van der Waals surface area contributed by atoms with Crippen molar-refractivity contribution in [3.63, 3.8) is 0 Å². The zero-order valence-corrected chi connectivity index (χ0v) is 15.4. The second-order valence-electron chi connectivity index (χ2n) is 6.68. The maximum atomic E-state index is 9.50. The number of hydrogen-bond donors (Lipinski definition) is 2. The van der Waals surface area contributed by atoms with E-state index in [9.17, 15) is 5.11 Å². The molecule has 5 heterocycles. The Bertz CT molecular complexity index is 1300. The summed E-state index contributed by atoms with van der Waals surface area (Å²) in [6.07, 6.45) is 7.12. The van der Waals surface area contributed by atoms with E-state index >= 15 is 0 Å². The van der Waals surface area contributed by atoms with E-state index in [1.807, 2.05) is 41.1 Å². The summed E-state index contributed by atoms with van der Waals surface area (Å²) < 4.78 is 5.32. The average Bonchev–Trinajstić information content (AvgIpc) is 3.46. The summed E-state index contributed by atoms with van der Waals surface area (Å²) in [5.41, 5.74) is 5.35. The predicted octanol–water partition coefficient (Wildman–Crippen LogP) is 0.870. The van der Waals surface area contributed by atoms with Crippen LogP contribution in [-0.2, 0) is 19.7 Å². The van der Waals surface area contributed by atoms with Crippen LogP contribution in [-0.4, -0.2) is 56.0 Å². The largest absolute Gasteiger partial charge is 0.394 e. The predicted molar refractivity (Wildman–Crippen MR) is 104 cm³/mol. The van der Waals surface area contributed by atoms with E-state index in [4.69, 9.17) is 5.11 Å². The van der Waals surface area contributed by atoms with Crippen LogP contribution < -0.4 is 0 Å². The van der Waals surface area contributed by atoms with Crippen molar-refractivity contribution in [1.29, 1.82) is 0 Å². The highest BCUT2D eigenvalue weighted by Crippen LogP contribution is 2.19. The van der Waals surface area contributed by atoms with Gasteiger partial charge in [-0.3, -0.25) is 4.68 Å². The summed E-state index contributed by atoms with van der Waals surface area (Å²) in [5.74, 6) is 0. The molecule has 5 aromatic heterocycles. The van der Waals surface area contributed by atoms with Crippen LogP contribution in [0.25, 0.3) is 28.1 Å². The van der Waals surface area contributed by atoms with Gasteiger partial charge in [0.25, 0.3) is 0 Å². The first kappa shape index (κ1) is 17.5. The molecule has 0 aliphatic heterocycles. The number of aromatic nitrogens is 8. The highest BCUT2D eigenvalue weighted by molar-refractivity contribution is 5.69. The molecule has 10 nitrogen and oxygen atoms in total. The molecule has 0 fully saturated rings. The summed E-state index contributed by atoms with van der Waals surface area (Å²) in [5, 5.41) is 31.1.